The van der Waals surface area contributed by atoms with Gasteiger partial charge in [-0.1, -0.05) is 55.5 Å². The van der Waals surface area contributed by atoms with E-state index in [-0.39, 0.29) is 41.9 Å². The molecule has 3 aromatic rings. The molecule has 4 bridgehead atoms. The lowest BCUT2D eigenvalue weighted by atomic mass is 9.53. The minimum Gasteiger partial charge on any atom is -0.478 e. The molecule has 242 valence electrons. The molecule has 0 radical (unpaired) electrons. The number of hydrogen-bond acceptors (Lipinski definition) is 6. The number of hydrogen-bond donors (Lipinski definition) is 4. The number of carboxylic acid groups (broad SMARTS) is 1. The van der Waals surface area contributed by atoms with Crippen molar-refractivity contribution in [3.63, 3.8) is 0 Å². The van der Waals surface area contributed by atoms with Gasteiger partial charge in [-0.2, -0.15) is 0 Å². The molecule has 5 aliphatic rings. The zero-order valence-electron chi connectivity index (χ0n) is 26.1. The number of aliphatic hydroxyl groups is 1. The van der Waals surface area contributed by atoms with E-state index in [1.165, 1.54) is 31.0 Å². The third-order valence-electron chi connectivity index (χ3n) is 10.5. The number of ether oxygens (including phenoxy) is 2. The summed E-state index contributed by atoms with van der Waals surface area (Å²) in [5.74, 6) is 1.76. The second-order valence-electron chi connectivity index (χ2n) is 13.8. The number of carbonyl (C=O) groups excluding carboxylic acids is 1. The molecule has 1 aliphatic heterocycles. The molecular formula is C37H42N2O6S. The van der Waals surface area contributed by atoms with Crippen molar-refractivity contribution in [2.45, 2.75) is 81.0 Å². The summed E-state index contributed by atoms with van der Waals surface area (Å²) >= 11 is 1.46. The van der Waals surface area contributed by atoms with Gasteiger partial charge >= 0.3 is 12.0 Å². The molecule has 2 amide bonds. The number of urea groups is 1. The van der Waals surface area contributed by atoms with Crippen LogP contribution >= 0.6 is 11.8 Å². The fourth-order valence-corrected chi connectivity index (χ4v) is 9.89. The number of nitrogens with one attached hydrogen (secondary N) is 2. The van der Waals surface area contributed by atoms with Crippen molar-refractivity contribution >= 4 is 29.4 Å². The molecule has 0 spiro atoms. The van der Waals surface area contributed by atoms with Crippen LogP contribution in [0, 0.1) is 23.7 Å². The molecule has 4 aliphatic carbocycles. The Morgan fingerprint density at radius 1 is 0.891 bits per heavy atom. The van der Waals surface area contributed by atoms with Crippen LogP contribution in [0.1, 0.15) is 84.9 Å². The number of rotatable bonds is 9. The summed E-state index contributed by atoms with van der Waals surface area (Å²) in [5.41, 5.74) is 3.45. The second-order valence-corrected chi connectivity index (χ2v) is 14.9. The topological polar surface area (TPSA) is 117 Å². The van der Waals surface area contributed by atoms with Gasteiger partial charge in [0.25, 0.3) is 0 Å². The van der Waals surface area contributed by atoms with E-state index in [1.807, 2.05) is 60.7 Å². The average molecular weight is 643 g/mol. The predicted octanol–water partition coefficient (Wildman–Crippen LogP) is 7.55. The Morgan fingerprint density at radius 2 is 1.59 bits per heavy atom. The van der Waals surface area contributed by atoms with Crippen molar-refractivity contribution in [2.24, 2.45) is 23.7 Å². The maximum absolute atomic E-state index is 13.3. The van der Waals surface area contributed by atoms with Gasteiger partial charge in [-0.3, -0.25) is 0 Å². The smallest absolute Gasteiger partial charge is 0.336 e. The zero-order valence-corrected chi connectivity index (χ0v) is 26.9. The van der Waals surface area contributed by atoms with E-state index in [0.29, 0.717) is 16.3 Å². The number of benzene rings is 3. The summed E-state index contributed by atoms with van der Waals surface area (Å²) in [5, 5.41) is 25.8. The number of aromatic carboxylic acids is 1. The van der Waals surface area contributed by atoms with Crippen molar-refractivity contribution in [1.29, 1.82) is 0 Å². The van der Waals surface area contributed by atoms with Gasteiger partial charge in [-0.15, -0.1) is 11.8 Å². The molecule has 8 rings (SSSR count). The van der Waals surface area contributed by atoms with Crippen molar-refractivity contribution < 1.29 is 29.3 Å². The minimum atomic E-state index is -0.958. The molecule has 3 aromatic carbocycles. The number of aliphatic hydroxyl groups excluding tert-OH is 1. The molecule has 9 heteroatoms. The first-order valence-electron chi connectivity index (χ1n) is 16.4. The standard InChI is InChI=1S/C37H42N2O6S/c1-22-31(21-46-32-8-3-2-7-30(32)34(41)42)44-35(45-33(22)27-11-9-23(20-40)10-12-27)28-5-4-6-29(16-28)38-36(43)39-37-17-24-13-25(18-37)15-26(14-24)19-37/h2-12,16,22,24-26,31,33,35,40H,13-15,17-21H2,1H3,(H,41,42)(H2,38,39,43). The van der Waals surface area contributed by atoms with Crippen LogP contribution in [0.15, 0.2) is 77.7 Å². The van der Waals surface area contributed by atoms with Crippen LogP contribution in [-0.4, -0.2) is 39.6 Å². The Balaban J connectivity index is 1.09. The molecule has 5 fully saturated rings. The van der Waals surface area contributed by atoms with E-state index in [0.717, 1.165) is 53.7 Å². The highest BCUT2D eigenvalue weighted by atomic mass is 32.2. The molecule has 1 saturated heterocycles. The van der Waals surface area contributed by atoms with Crippen LogP contribution in [0.4, 0.5) is 10.5 Å². The van der Waals surface area contributed by atoms with Crippen molar-refractivity contribution in [2.75, 3.05) is 11.1 Å². The summed E-state index contributed by atoms with van der Waals surface area (Å²) < 4.78 is 13.2. The van der Waals surface area contributed by atoms with Gasteiger partial charge in [0.1, 0.15) is 0 Å². The fourth-order valence-electron chi connectivity index (χ4n) is 8.68. The maximum atomic E-state index is 13.3. The van der Waals surface area contributed by atoms with Gasteiger partial charge in [-0.05, 0) is 91.7 Å². The van der Waals surface area contributed by atoms with Crippen molar-refractivity contribution in [1.82, 2.24) is 5.32 Å². The molecule has 1 heterocycles. The lowest BCUT2D eigenvalue weighted by molar-refractivity contribution is -0.268. The average Bonchev–Trinajstić information content (AvgIpc) is 3.03. The molecule has 4 atom stereocenters. The van der Waals surface area contributed by atoms with Gasteiger partial charge in [0, 0.05) is 33.4 Å². The number of carbonyl (C=O) groups is 2. The third-order valence-corrected chi connectivity index (χ3v) is 11.6. The van der Waals surface area contributed by atoms with E-state index < -0.39 is 12.3 Å². The van der Waals surface area contributed by atoms with E-state index in [9.17, 15) is 19.8 Å². The highest BCUT2D eigenvalue weighted by Gasteiger charge is 2.51. The van der Waals surface area contributed by atoms with E-state index in [2.05, 4.69) is 17.6 Å². The van der Waals surface area contributed by atoms with Gasteiger partial charge in [0.05, 0.1) is 24.4 Å². The third kappa shape index (κ3) is 6.56. The summed E-state index contributed by atoms with van der Waals surface area (Å²) in [6.45, 7) is 2.05. The quantitative estimate of drug-likeness (QED) is 0.178. The minimum absolute atomic E-state index is 0.0361. The van der Waals surface area contributed by atoms with Gasteiger partial charge < -0.3 is 30.3 Å². The summed E-state index contributed by atoms with van der Waals surface area (Å²) in [4.78, 5) is 25.8. The molecule has 0 aromatic heterocycles. The van der Waals surface area contributed by atoms with Crippen molar-refractivity contribution in [3.05, 3.63) is 95.1 Å². The Kier molecular flexibility index (Phi) is 8.85. The maximum Gasteiger partial charge on any atom is 0.336 e. The summed E-state index contributed by atoms with van der Waals surface area (Å²) in [6, 6.07) is 22.2. The number of thioether (sulfide) groups is 1. The van der Waals surface area contributed by atoms with E-state index in [4.69, 9.17) is 9.47 Å². The highest BCUT2D eigenvalue weighted by Crippen LogP contribution is 2.55. The van der Waals surface area contributed by atoms with Gasteiger partial charge in [0.2, 0.25) is 0 Å². The highest BCUT2D eigenvalue weighted by molar-refractivity contribution is 7.99. The van der Waals surface area contributed by atoms with Crippen LogP contribution in [0.25, 0.3) is 0 Å². The monoisotopic (exact) mass is 642 g/mol. The fraction of sp³-hybridized carbons (Fsp3) is 0.459. The number of carboxylic acids is 1. The Morgan fingerprint density at radius 3 is 2.26 bits per heavy atom. The normalized spacial score (nSPS) is 31.4. The molecule has 4 saturated carbocycles. The van der Waals surface area contributed by atoms with Gasteiger partial charge in [0.15, 0.2) is 6.29 Å². The Hall–Kier alpha value is -3.37. The number of amides is 2. The lowest BCUT2D eigenvalue weighted by Gasteiger charge is -2.56. The van der Waals surface area contributed by atoms with Crippen LogP contribution in [-0.2, 0) is 16.1 Å². The molecule has 46 heavy (non-hydrogen) atoms. The largest absolute Gasteiger partial charge is 0.478 e. The lowest BCUT2D eigenvalue weighted by Crippen LogP contribution is -2.60. The summed E-state index contributed by atoms with van der Waals surface area (Å²) in [7, 11) is 0. The Bertz CT molecular complexity index is 1540. The Labute approximate surface area is 274 Å². The molecule has 4 unspecified atom stereocenters. The van der Waals surface area contributed by atoms with Crippen LogP contribution in [0.2, 0.25) is 0 Å². The first kappa shape index (κ1) is 31.2. The SMILES string of the molecule is CC1C(CSc2ccccc2C(=O)O)OC(c2cccc(NC(=O)NC34CC5CC(CC(C5)C3)C4)c2)OC1c1ccc(CO)cc1. The molecule has 4 N–H and O–H groups in total. The van der Waals surface area contributed by atoms with E-state index >= 15 is 0 Å². The summed E-state index contributed by atoms with van der Waals surface area (Å²) in [6.07, 6.45) is 5.97. The van der Waals surface area contributed by atoms with Gasteiger partial charge in [-0.25, -0.2) is 9.59 Å². The first-order valence-corrected chi connectivity index (χ1v) is 17.4. The van der Waals surface area contributed by atoms with Crippen LogP contribution in [0.3, 0.4) is 0 Å². The predicted molar refractivity (Wildman–Crippen MR) is 177 cm³/mol. The number of anilines is 1. The van der Waals surface area contributed by atoms with Crippen molar-refractivity contribution in [3.8, 4) is 0 Å². The second kappa shape index (κ2) is 13.0. The molecular weight excluding hydrogens is 600 g/mol. The van der Waals surface area contributed by atoms with Crippen LogP contribution < -0.4 is 10.6 Å². The molecule has 8 nitrogen and oxygen atoms in total. The zero-order chi connectivity index (χ0) is 31.8. The van der Waals surface area contributed by atoms with E-state index in [1.54, 1.807) is 12.1 Å². The van der Waals surface area contributed by atoms with Crippen LogP contribution in [0.5, 0.6) is 0 Å². The first-order chi connectivity index (χ1) is 22.3.